The second kappa shape index (κ2) is 5.03. The van der Waals surface area contributed by atoms with Gasteiger partial charge in [-0.25, -0.2) is 4.79 Å². The summed E-state index contributed by atoms with van der Waals surface area (Å²) in [4.78, 5) is 11.2. The fraction of sp³-hybridized carbons (Fsp3) is 0.273. The van der Waals surface area contributed by atoms with Crippen molar-refractivity contribution in [3.05, 3.63) is 34.4 Å². The van der Waals surface area contributed by atoms with E-state index in [9.17, 15) is 31.1 Å². The second-order valence-corrected chi connectivity index (χ2v) is 3.54. The number of halogens is 6. The topological polar surface area (TPSA) is 50.1 Å². The molecule has 1 aromatic rings. The van der Waals surface area contributed by atoms with E-state index in [0.717, 1.165) is 13.2 Å². The van der Waals surface area contributed by atoms with Crippen LogP contribution in [0.5, 0.6) is 0 Å². The molecular weight excluding hydrogens is 292 g/mol. The van der Waals surface area contributed by atoms with E-state index in [2.05, 4.69) is 4.74 Å². The highest BCUT2D eigenvalue weighted by atomic mass is 19.4. The van der Waals surface area contributed by atoms with E-state index < -0.39 is 40.6 Å². The molecule has 0 saturated carbocycles. The summed E-state index contributed by atoms with van der Waals surface area (Å²) in [7, 11) is 0.770. The lowest BCUT2D eigenvalue weighted by Gasteiger charge is -2.16. The molecule has 1 aromatic carbocycles. The highest BCUT2D eigenvalue weighted by Gasteiger charge is 2.41. The summed E-state index contributed by atoms with van der Waals surface area (Å²) in [6, 6.07) is 1.05. The second-order valence-electron chi connectivity index (χ2n) is 3.54. The number of carbonyl (C=O) groups excluding carboxylic acids is 1. The summed E-state index contributed by atoms with van der Waals surface area (Å²) in [5.74, 6) is -1.48. The third kappa shape index (κ3) is 3.01. The van der Waals surface area contributed by atoms with Crippen LogP contribution in [-0.2, 0) is 17.1 Å². The highest BCUT2D eigenvalue weighted by Crippen LogP contribution is 2.39. The summed E-state index contributed by atoms with van der Waals surface area (Å²) in [5.41, 5.74) is -5.81. The van der Waals surface area contributed by atoms with E-state index in [0.29, 0.717) is 0 Å². The van der Waals surface area contributed by atoms with Crippen LogP contribution in [0.1, 0.15) is 27.0 Å². The monoisotopic (exact) mass is 297 g/mol. The van der Waals surface area contributed by atoms with E-state index in [1.54, 1.807) is 0 Å². The van der Waals surface area contributed by atoms with Crippen LogP contribution in [0.25, 0.3) is 0 Å². The first kappa shape index (κ1) is 15.8. The molecule has 9 heteroatoms. The van der Waals surface area contributed by atoms with Crippen LogP contribution in [0.2, 0.25) is 0 Å². The number of hydrogen-bond donors (Lipinski definition) is 0. The van der Waals surface area contributed by atoms with Gasteiger partial charge in [0.15, 0.2) is 0 Å². The lowest BCUT2D eigenvalue weighted by atomic mass is 9.98. The Morgan fingerprint density at radius 1 is 1.10 bits per heavy atom. The Hall–Kier alpha value is -2.24. The summed E-state index contributed by atoms with van der Waals surface area (Å²) in [5, 5.41) is 8.57. The first-order valence-corrected chi connectivity index (χ1v) is 4.83. The Kier molecular flexibility index (Phi) is 3.98. The van der Waals surface area contributed by atoms with Crippen molar-refractivity contribution in [2.24, 2.45) is 0 Å². The van der Waals surface area contributed by atoms with Gasteiger partial charge in [0.1, 0.15) is 0 Å². The van der Waals surface area contributed by atoms with Crippen molar-refractivity contribution >= 4 is 5.97 Å². The van der Waals surface area contributed by atoms with Gasteiger partial charge in [-0.1, -0.05) is 0 Å². The summed E-state index contributed by atoms with van der Waals surface area (Å²) in [6.45, 7) is 0. The van der Waals surface area contributed by atoms with Crippen molar-refractivity contribution in [2.45, 2.75) is 12.4 Å². The van der Waals surface area contributed by atoms with Crippen LogP contribution in [0.4, 0.5) is 26.3 Å². The third-order valence-electron chi connectivity index (χ3n) is 2.29. The van der Waals surface area contributed by atoms with Gasteiger partial charge in [0, 0.05) is 0 Å². The van der Waals surface area contributed by atoms with Crippen molar-refractivity contribution < 1.29 is 35.9 Å². The number of hydrogen-bond acceptors (Lipinski definition) is 3. The molecule has 0 spiro atoms. The molecule has 1 rings (SSSR count). The number of alkyl halides is 6. The highest BCUT2D eigenvalue weighted by molar-refractivity contribution is 5.92. The molecule has 0 unspecified atom stereocenters. The largest absolute Gasteiger partial charge is 0.465 e. The Bertz CT molecular complexity index is 582. The normalized spacial score (nSPS) is 11.9. The van der Waals surface area contributed by atoms with Crippen LogP contribution in [-0.4, -0.2) is 13.1 Å². The van der Waals surface area contributed by atoms with Gasteiger partial charge in [-0.2, -0.15) is 31.6 Å². The van der Waals surface area contributed by atoms with Crippen LogP contribution < -0.4 is 0 Å². The number of methoxy groups -OCH3 is 1. The molecule has 0 N–H and O–H groups in total. The molecule has 0 radical (unpaired) electrons. The number of nitrogens with zero attached hydrogens (tertiary/aromatic N) is 1. The molecule has 0 aliphatic rings. The van der Waals surface area contributed by atoms with Gasteiger partial charge in [0.2, 0.25) is 0 Å². The number of carbonyl (C=O) groups is 1. The van der Waals surface area contributed by atoms with Gasteiger partial charge in [-0.3, -0.25) is 0 Å². The predicted molar refractivity (Wildman–Crippen MR) is 52.5 cm³/mol. The zero-order valence-electron chi connectivity index (χ0n) is 9.69. The number of esters is 1. The van der Waals surface area contributed by atoms with Gasteiger partial charge in [0.25, 0.3) is 0 Å². The average molecular weight is 297 g/mol. The fourth-order valence-corrected chi connectivity index (χ4v) is 1.44. The lowest BCUT2D eigenvalue weighted by Crippen LogP contribution is -2.18. The molecule has 0 amide bonds. The van der Waals surface area contributed by atoms with Gasteiger partial charge in [-0.05, 0) is 12.1 Å². The SMILES string of the molecule is COC(=O)c1cc(C#N)c(C(F)(F)F)cc1C(F)(F)F. The standard InChI is InChI=1S/C11H5F6NO2/c1-20-9(19)6-2-5(4-18)7(10(12,13)14)3-8(6)11(15,16)17/h2-3H,1H3. The van der Waals surface area contributed by atoms with E-state index in [1.807, 2.05) is 0 Å². The molecule has 0 aromatic heterocycles. The quantitative estimate of drug-likeness (QED) is 0.590. The maximum Gasteiger partial charge on any atom is 0.417 e. The average Bonchev–Trinajstić information content (AvgIpc) is 2.33. The van der Waals surface area contributed by atoms with Gasteiger partial charge in [-0.15, -0.1) is 0 Å². The molecular formula is C11H5F6NO2. The molecule has 0 aliphatic carbocycles. The van der Waals surface area contributed by atoms with Crippen molar-refractivity contribution in [2.75, 3.05) is 7.11 Å². The van der Waals surface area contributed by atoms with Crippen LogP contribution >= 0.6 is 0 Å². The minimum atomic E-state index is -5.20. The van der Waals surface area contributed by atoms with Crippen molar-refractivity contribution in [3.8, 4) is 6.07 Å². The number of nitriles is 1. The molecule has 0 bridgehead atoms. The van der Waals surface area contributed by atoms with E-state index >= 15 is 0 Å². The summed E-state index contributed by atoms with van der Waals surface area (Å²) >= 11 is 0. The lowest BCUT2D eigenvalue weighted by molar-refractivity contribution is -0.143. The molecule has 0 atom stereocenters. The maximum atomic E-state index is 12.7. The molecule has 0 aliphatic heterocycles. The molecule has 0 saturated heterocycles. The van der Waals surface area contributed by atoms with Gasteiger partial charge < -0.3 is 4.74 Å². The molecule has 3 nitrogen and oxygen atoms in total. The van der Waals surface area contributed by atoms with Crippen LogP contribution in [0, 0.1) is 11.3 Å². The van der Waals surface area contributed by atoms with E-state index in [4.69, 9.17) is 5.26 Å². The smallest absolute Gasteiger partial charge is 0.417 e. The van der Waals surface area contributed by atoms with Crippen LogP contribution in [0.3, 0.4) is 0 Å². The fourth-order valence-electron chi connectivity index (χ4n) is 1.44. The minimum Gasteiger partial charge on any atom is -0.465 e. The third-order valence-corrected chi connectivity index (χ3v) is 2.29. The molecule has 0 fully saturated rings. The van der Waals surface area contributed by atoms with Gasteiger partial charge >= 0.3 is 18.3 Å². The Balaban J connectivity index is 3.73. The Morgan fingerprint density at radius 2 is 1.60 bits per heavy atom. The number of rotatable bonds is 1. The predicted octanol–water partition coefficient (Wildman–Crippen LogP) is 3.38. The Labute approximate surface area is 108 Å². The van der Waals surface area contributed by atoms with Crippen molar-refractivity contribution in [1.82, 2.24) is 0 Å². The Morgan fingerprint density at radius 3 is 1.95 bits per heavy atom. The van der Waals surface area contributed by atoms with E-state index in [-0.39, 0.29) is 12.1 Å². The molecule has 20 heavy (non-hydrogen) atoms. The minimum absolute atomic E-state index is 0.220. The number of benzene rings is 1. The molecule has 108 valence electrons. The first-order chi connectivity index (χ1) is 9.02. The van der Waals surface area contributed by atoms with E-state index in [1.165, 1.54) is 0 Å². The first-order valence-electron chi connectivity index (χ1n) is 4.83. The zero-order chi connectivity index (χ0) is 15.7. The van der Waals surface area contributed by atoms with Crippen LogP contribution in [0.15, 0.2) is 12.1 Å². The van der Waals surface area contributed by atoms with Crippen molar-refractivity contribution in [1.29, 1.82) is 5.26 Å². The summed E-state index contributed by atoms with van der Waals surface area (Å²) < 4.78 is 79.9. The van der Waals surface area contributed by atoms with Gasteiger partial charge in [0.05, 0.1) is 35.4 Å². The van der Waals surface area contributed by atoms with Crippen molar-refractivity contribution in [3.63, 3.8) is 0 Å². The molecule has 0 heterocycles. The maximum absolute atomic E-state index is 12.7. The number of ether oxygens (including phenoxy) is 1. The zero-order valence-corrected chi connectivity index (χ0v) is 9.69. The summed E-state index contributed by atoms with van der Waals surface area (Å²) in [6.07, 6.45) is -10.3.